The zero-order chi connectivity index (χ0) is 29.6. The molecule has 7 nitrogen and oxygen atoms in total. The van der Waals surface area contributed by atoms with E-state index < -0.39 is 54.1 Å². The van der Waals surface area contributed by atoms with E-state index in [1.165, 1.54) is 13.0 Å². The summed E-state index contributed by atoms with van der Waals surface area (Å²) < 4.78 is 72.3. The van der Waals surface area contributed by atoms with Crippen LogP contribution in [0.2, 0.25) is 0 Å². The lowest BCUT2D eigenvalue weighted by atomic mass is 9.97. The summed E-state index contributed by atoms with van der Waals surface area (Å²) in [6.45, 7) is 0.415. The number of benzene rings is 2. The van der Waals surface area contributed by atoms with Crippen LogP contribution in [0.5, 0.6) is 0 Å². The van der Waals surface area contributed by atoms with Gasteiger partial charge in [0.05, 0.1) is 17.2 Å². The molecule has 1 aliphatic rings. The molecule has 0 saturated heterocycles. The van der Waals surface area contributed by atoms with Crippen molar-refractivity contribution in [3.63, 3.8) is 0 Å². The molecule has 1 unspecified atom stereocenters. The van der Waals surface area contributed by atoms with Gasteiger partial charge in [0.25, 0.3) is 24.1 Å². The number of carbonyl (C=O) groups excluding carboxylic acids is 3. The second-order valence-corrected chi connectivity index (χ2v) is 9.66. The van der Waals surface area contributed by atoms with Crippen LogP contribution in [0.1, 0.15) is 34.8 Å². The minimum absolute atomic E-state index is 0.0886. The van der Waals surface area contributed by atoms with Gasteiger partial charge in [0.1, 0.15) is 12.4 Å². The molecule has 0 fully saturated rings. The SMILES string of the molecule is Cc1c(CNC(=O)C(C)(F)F)ccc(F)c1C(=O)NC1C#CC(OCC(F)F)=C(C(=O)Nc2ccc(Br)cc2)C1. The maximum absolute atomic E-state index is 14.7. The monoisotopic (exact) mass is 627 g/mol. The van der Waals surface area contributed by atoms with Crippen LogP contribution < -0.4 is 16.0 Å². The molecule has 0 bridgehead atoms. The fraction of sp³-hybridized carbons (Fsp3) is 0.296. The molecule has 2 aromatic rings. The van der Waals surface area contributed by atoms with Gasteiger partial charge < -0.3 is 20.7 Å². The number of hydrogen-bond acceptors (Lipinski definition) is 4. The van der Waals surface area contributed by atoms with Crippen molar-refractivity contribution in [2.75, 3.05) is 11.9 Å². The van der Waals surface area contributed by atoms with Crippen molar-refractivity contribution < 1.29 is 41.1 Å². The quantitative estimate of drug-likeness (QED) is 0.259. The van der Waals surface area contributed by atoms with Crippen molar-refractivity contribution in [1.29, 1.82) is 0 Å². The summed E-state index contributed by atoms with van der Waals surface area (Å²) in [6, 6.07) is 7.71. The van der Waals surface area contributed by atoms with Crippen LogP contribution in [-0.2, 0) is 20.9 Å². The average molecular weight is 628 g/mol. The van der Waals surface area contributed by atoms with Crippen molar-refractivity contribution in [3.05, 3.63) is 74.7 Å². The summed E-state index contributed by atoms with van der Waals surface area (Å²) in [5.74, 6) is -2.91. The van der Waals surface area contributed by atoms with Gasteiger partial charge in [0.2, 0.25) is 0 Å². The number of nitrogens with one attached hydrogen (secondary N) is 3. The number of rotatable bonds is 10. The number of anilines is 1. The van der Waals surface area contributed by atoms with Crippen LogP contribution >= 0.6 is 15.9 Å². The number of allylic oxidation sites excluding steroid dienone is 1. The van der Waals surface area contributed by atoms with E-state index in [2.05, 4.69) is 38.4 Å². The predicted octanol–water partition coefficient (Wildman–Crippen LogP) is 4.85. The Hall–Kier alpha value is -3.92. The van der Waals surface area contributed by atoms with Gasteiger partial charge in [0.15, 0.2) is 5.76 Å². The molecule has 0 aromatic heterocycles. The molecule has 0 aliphatic heterocycles. The number of carbonyl (C=O) groups is 3. The third-order valence-corrected chi connectivity index (χ3v) is 6.20. The van der Waals surface area contributed by atoms with Gasteiger partial charge in [-0.2, -0.15) is 8.78 Å². The van der Waals surface area contributed by atoms with E-state index in [0.29, 0.717) is 12.6 Å². The third-order valence-electron chi connectivity index (χ3n) is 5.67. The first-order valence-corrected chi connectivity index (χ1v) is 12.5. The predicted molar refractivity (Wildman–Crippen MR) is 139 cm³/mol. The second-order valence-electron chi connectivity index (χ2n) is 8.75. The number of hydrogen-bond donors (Lipinski definition) is 3. The lowest BCUT2D eigenvalue weighted by Crippen LogP contribution is -2.38. The van der Waals surface area contributed by atoms with Crippen molar-refractivity contribution in [1.82, 2.24) is 10.6 Å². The maximum atomic E-state index is 14.7. The average Bonchev–Trinajstić information content (AvgIpc) is 2.88. The highest BCUT2D eigenvalue weighted by Crippen LogP contribution is 2.23. The molecule has 2 aromatic carbocycles. The zero-order valence-electron chi connectivity index (χ0n) is 21.1. The maximum Gasteiger partial charge on any atom is 0.321 e. The molecular formula is C27H23BrF5N3O4. The highest BCUT2D eigenvalue weighted by Gasteiger charge is 2.32. The molecule has 3 N–H and O–H groups in total. The van der Waals surface area contributed by atoms with E-state index in [-0.39, 0.29) is 35.4 Å². The van der Waals surface area contributed by atoms with Crippen molar-refractivity contribution in [3.8, 4) is 11.8 Å². The minimum Gasteiger partial charge on any atom is -0.479 e. The Balaban J connectivity index is 1.79. The fourth-order valence-corrected chi connectivity index (χ4v) is 3.89. The molecule has 1 atom stereocenters. The van der Waals surface area contributed by atoms with Gasteiger partial charge in [0, 0.05) is 30.0 Å². The van der Waals surface area contributed by atoms with Crippen LogP contribution in [0.15, 0.2) is 52.2 Å². The van der Waals surface area contributed by atoms with E-state index in [1.807, 2.05) is 5.32 Å². The largest absolute Gasteiger partial charge is 0.479 e. The Labute approximate surface area is 234 Å². The van der Waals surface area contributed by atoms with Gasteiger partial charge in [-0.3, -0.25) is 14.4 Å². The smallest absolute Gasteiger partial charge is 0.321 e. The molecule has 3 rings (SSSR count). The molecule has 1 aliphatic carbocycles. The number of alkyl halides is 4. The Kier molecular flexibility index (Phi) is 9.92. The Morgan fingerprint density at radius 3 is 2.42 bits per heavy atom. The van der Waals surface area contributed by atoms with E-state index >= 15 is 0 Å². The van der Waals surface area contributed by atoms with Crippen LogP contribution in [0.3, 0.4) is 0 Å². The van der Waals surface area contributed by atoms with E-state index in [4.69, 9.17) is 4.74 Å². The Morgan fingerprint density at radius 2 is 1.80 bits per heavy atom. The van der Waals surface area contributed by atoms with Crippen molar-refractivity contribution in [2.45, 2.75) is 45.2 Å². The lowest BCUT2D eigenvalue weighted by Gasteiger charge is -2.21. The molecule has 0 radical (unpaired) electrons. The van der Waals surface area contributed by atoms with Crippen LogP contribution in [0.25, 0.3) is 0 Å². The summed E-state index contributed by atoms with van der Waals surface area (Å²) in [5, 5.41) is 7.13. The molecule has 0 heterocycles. The Morgan fingerprint density at radius 1 is 1.12 bits per heavy atom. The van der Waals surface area contributed by atoms with Gasteiger partial charge in [-0.05, 0) is 54.3 Å². The number of amides is 3. The van der Waals surface area contributed by atoms with Gasteiger partial charge in [-0.25, -0.2) is 13.2 Å². The van der Waals surface area contributed by atoms with Crippen LogP contribution in [0, 0.1) is 24.6 Å². The van der Waals surface area contributed by atoms with Gasteiger partial charge in [-0.15, -0.1) is 0 Å². The molecule has 0 saturated carbocycles. The third kappa shape index (κ3) is 8.05. The van der Waals surface area contributed by atoms with E-state index in [1.54, 1.807) is 24.3 Å². The van der Waals surface area contributed by atoms with E-state index in [0.717, 1.165) is 10.5 Å². The normalized spacial score (nSPS) is 14.8. The van der Waals surface area contributed by atoms with Gasteiger partial charge in [-0.1, -0.05) is 27.9 Å². The summed E-state index contributed by atoms with van der Waals surface area (Å²) in [6.07, 6.45) is -3.07. The first-order chi connectivity index (χ1) is 18.8. The molecule has 3 amide bonds. The summed E-state index contributed by atoms with van der Waals surface area (Å²) >= 11 is 3.27. The van der Waals surface area contributed by atoms with Crippen LogP contribution in [-0.4, -0.2) is 42.7 Å². The molecule has 40 heavy (non-hydrogen) atoms. The summed E-state index contributed by atoms with van der Waals surface area (Å²) in [7, 11) is 0. The highest BCUT2D eigenvalue weighted by molar-refractivity contribution is 9.10. The molecular weight excluding hydrogens is 605 g/mol. The number of halogens is 6. The van der Waals surface area contributed by atoms with Crippen molar-refractivity contribution >= 4 is 39.3 Å². The molecule has 13 heteroatoms. The topological polar surface area (TPSA) is 96.5 Å². The lowest BCUT2D eigenvalue weighted by molar-refractivity contribution is -0.143. The Bertz CT molecular complexity index is 1400. The molecule has 0 spiro atoms. The molecule has 212 valence electrons. The first kappa shape index (κ1) is 30.6. The minimum atomic E-state index is -3.62. The second kappa shape index (κ2) is 13.0. The first-order valence-electron chi connectivity index (χ1n) is 11.7. The van der Waals surface area contributed by atoms with E-state index in [9.17, 15) is 36.3 Å². The standard InChI is InChI=1S/C27H23BrF5N3O4/c1-14-15(12-34-26(39)27(2,32)33)3-9-20(29)23(14)25(38)36-18-8-10-21(40-13-22(30)31)19(11-18)24(37)35-17-6-4-16(28)5-7-17/h3-7,9,18,22H,11-13H2,1-2H3,(H,34,39)(H,35,37)(H,36,38). The summed E-state index contributed by atoms with van der Waals surface area (Å²) in [5.41, 5.74) is 0.181. The number of ether oxygens (including phenoxy) is 1. The zero-order valence-corrected chi connectivity index (χ0v) is 22.7. The van der Waals surface area contributed by atoms with Crippen molar-refractivity contribution in [2.24, 2.45) is 0 Å². The highest BCUT2D eigenvalue weighted by atomic mass is 79.9. The van der Waals surface area contributed by atoms with Crippen LogP contribution in [0.4, 0.5) is 27.6 Å². The van der Waals surface area contributed by atoms with Gasteiger partial charge >= 0.3 is 5.92 Å². The summed E-state index contributed by atoms with van der Waals surface area (Å²) in [4.78, 5) is 37.5. The fourth-order valence-electron chi connectivity index (χ4n) is 3.62.